The first-order chi connectivity index (χ1) is 6.99. The fourth-order valence-corrected chi connectivity index (χ4v) is 1.24. The van der Waals surface area contributed by atoms with E-state index in [0.717, 1.165) is 6.07 Å². The summed E-state index contributed by atoms with van der Waals surface area (Å²) < 4.78 is 36.9. The summed E-state index contributed by atoms with van der Waals surface area (Å²) in [7, 11) is 0. The molecule has 0 radical (unpaired) electrons. The van der Waals surface area contributed by atoms with Gasteiger partial charge in [0.25, 0.3) is 0 Å². The minimum atomic E-state index is -4.42. The molecule has 80 valence electrons. The van der Waals surface area contributed by atoms with Crippen molar-refractivity contribution in [1.29, 1.82) is 5.26 Å². The Hall–Kier alpha value is -1.57. The Balaban J connectivity index is 3.14. The van der Waals surface area contributed by atoms with E-state index in [9.17, 15) is 13.2 Å². The zero-order valence-corrected chi connectivity index (χ0v) is 8.10. The van der Waals surface area contributed by atoms with Crippen LogP contribution >= 0.6 is 0 Å². The first kappa shape index (κ1) is 11.5. The van der Waals surface area contributed by atoms with Crippen molar-refractivity contribution >= 4 is 0 Å². The average molecular weight is 214 g/mol. The van der Waals surface area contributed by atoms with Crippen LogP contribution in [-0.2, 0) is 19.0 Å². The minimum absolute atomic E-state index is 0.0916. The highest BCUT2D eigenvalue weighted by molar-refractivity contribution is 5.26. The highest BCUT2D eigenvalue weighted by atomic mass is 19.4. The zero-order chi connectivity index (χ0) is 11.5. The normalized spacial score (nSPS) is 11.1. The standard InChI is InChI=1S/C10H9F3N2/c1-2-8-7(5-6-14)3-4-9(15-8)10(11,12)13/h3-4H,2,5H2,1H3. The predicted molar refractivity (Wildman–Crippen MR) is 47.9 cm³/mol. The summed E-state index contributed by atoms with van der Waals surface area (Å²) in [5.74, 6) is 0. The molecule has 2 nitrogen and oxygen atoms in total. The van der Waals surface area contributed by atoms with E-state index >= 15 is 0 Å². The first-order valence-corrected chi connectivity index (χ1v) is 4.42. The van der Waals surface area contributed by atoms with Gasteiger partial charge in [0, 0.05) is 5.69 Å². The van der Waals surface area contributed by atoms with Gasteiger partial charge in [0.1, 0.15) is 5.69 Å². The predicted octanol–water partition coefficient (Wildman–Crippen LogP) is 2.73. The van der Waals surface area contributed by atoms with Crippen molar-refractivity contribution in [2.75, 3.05) is 0 Å². The van der Waals surface area contributed by atoms with E-state index in [-0.39, 0.29) is 6.42 Å². The number of pyridine rings is 1. The maximum absolute atomic E-state index is 12.3. The second-order valence-corrected chi connectivity index (χ2v) is 2.99. The van der Waals surface area contributed by atoms with Crippen molar-refractivity contribution in [1.82, 2.24) is 4.98 Å². The molecule has 0 amide bonds. The molecule has 0 fully saturated rings. The van der Waals surface area contributed by atoms with Gasteiger partial charge in [0.15, 0.2) is 0 Å². The molecule has 0 spiro atoms. The van der Waals surface area contributed by atoms with Crippen LogP contribution in [0.15, 0.2) is 12.1 Å². The number of hydrogen-bond acceptors (Lipinski definition) is 2. The van der Waals surface area contributed by atoms with E-state index in [0.29, 0.717) is 17.7 Å². The van der Waals surface area contributed by atoms with Crippen molar-refractivity contribution in [2.45, 2.75) is 25.9 Å². The van der Waals surface area contributed by atoms with Crippen LogP contribution in [-0.4, -0.2) is 4.98 Å². The van der Waals surface area contributed by atoms with E-state index < -0.39 is 11.9 Å². The molecule has 0 N–H and O–H groups in total. The van der Waals surface area contributed by atoms with Gasteiger partial charge in [-0.05, 0) is 18.1 Å². The summed E-state index contributed by atoms with van der Waals surface area (Å²) in [5, 5.41) is 8.47. The second-order valence-electron chi connectivity index (χ2n) is 2.99. The van der Waals surface area contributed by atoms with Crippen LogP contribution in [0.5, 0.6) is 0 Å². The Bertz CT molecular complexity index is 391. The third-order valence-electron chi connectivity index (χ3n) is 1.96. The SMILES string of the molecule is CCc1nc(C(F)(F)F)ccc1CC#N. The third-order valence-corrected chi connectivity index (χ3v) is 1.96. The van der Waals surface area contributed by atoms with Gasteiger partial charge in [-0.15, -0.1) is 0 Å². The fraction of sp³-hybridized carbons (Fsp3) is 0.400. The monoisotopic (exact) mass is 214 g/mol. The maximum Gasteiger partial charge on any atom is 0.433 e. The summed E-state index contributed by atoms with van der Waals surface area (Å²) >= 11 is 0. The maximum atomic E-state index is 12.3. The largest absolute Gasteiger partial charge is 0.433 e. The highest BCUT2D eigenvalue weighted by Crippen LogP contribution is 2.28. The number of aryl methyl sites for hydroxylation is 1. The van der Waals surface area contributed by atoms with Gasteiger partial charge in [-0.25, -0.2) is 4.98 Å². The van der Waals surface area contributed by atoms with Crippen LogP contribution in [0.1, 0.15) is 23.9 Å². The van der Waals surface area contributed by atoms with E-state index in [1.54, 1.807) is 6.92 Å². The van der Waals surface area contributed by atoms with Crippen molar-refractivity contribution in [3.8, 4) is 6.07 Å². The molecule has 0 aliphatic rings. The topological polar surface area (TPSA) is 36.7 Å². The molecule has 0 atom stereocenters. The van der Waals surface area contributed by atoms with Crippen LogP contribution in [0.2, 0.25) is 0 Å². The zero-order valence-electron chi connectivity index (χ0n) is 8.10. The van der Waals surface area contributed by atoms with Crippen molar-refractivity contribution in [2.24, 2.45) is 0 Å². The van der Waals surface area contributed by atoms with Gasteiger partial charge in [0.2, 0.25) is 0 Å². The Morgan fingerprint density at radius 2 is 2.07 bits per heavy atom. The average Bonchev–Trinajstić information content (AvgIpc) is 2.17. The van der Waals surface area contributed by atoms with Crippen LogP contribution in [0.25, 0.3) is 0 Å². The Morgan fingerprint density at radius 1 is 1.40 bits per heavy atom. The van der Waals surface area contributed by atoms with Gasteiger partial charge in [-0.1, -0.05) is 13.0 Å². The van der Waals surface area contributed by atoms with Gasteiger partial charge >= 0.3 is 6.18 Å². The molecular weight excluding hydrogens is 205 g/mol. The minimum Gasteiger partial charge on any atom is -0.248 e. The van der Waals surface area contributed by atoms with Crippen molar-refractivity contribution in [3.05, 3.63) is 29.1 Å². The van der Waals surface area contributed by atoms with Crippen LogP contribution in [0.4, 0.5) is 13.2 Å². The van der Waals surface area contributed by atoms with Gasteiger partial charge in [0.05, 0.1) is 12.5 Å². The number of alkyl halides is 3. The molecule has 1 aromatic heterocycles. The molecule has 0 aliphatic heterocycles. The molecule has 0 bridgehead atoms. The molecule has 15 heavy (non-hydrogen) atoms. The fourth-order valence-electron chi connectivity index (χ4n) is 1.24. The number of nitriles is 1. The summed E-state index contributed by atoms with van der Waals surface area (Å²) in [6.07, 6.45) is -3.94. The highest BCUT2D eigenvalue weighted by Gasteiger charge is 2.32. The van der Waals surface area contributed by atoms with E-state index in [2.05, 4.69) is 4.98 Å². The summed E-state index contributed by atoms with van der Waals surface area (Å²) in [5.41, 5.74) is 0.000384. The molecule has 5 heteroatoms. The van der Waals surface area contributed by atoms with Crippen molar-refractivity contribution < 1.29 is 13.2 Å². The molecule has 0 saturated heterocycles. The molecule has 0 aliphatic carbocycles. The quantitative estimate of drug-likeness (QED) is 0.758. The van der Waals surface area contributed by atoms with E-state index in [1.165, 1.54) is 6.07 Å². The van der Waals surface area contributed by atoms with Gasteiger partial charge in [-0.2, -0.15) is 18.4 Å². The lowest BCUT2D eigenvalue weighted by Crippen LogP contribution is -2.10. The lowest BCUT2D eigenvalue weighted by atomic mass is 10.1. The van der Waals surface area contributed by atoms with Crippen LogP contribution in [0.3, 0.4) is 0 Å². The first-order valence-electron chi connectivity index (χ1n) is 4.42. The third kappa shape index (κ3) is 2.69. The Kier molecular flexibility index (Phi) is 3.30. The van der Waals surface area contributed by atoms with Crippen molar-refractivity contribution in [3.63, 3.8) is 0 Å². The molecule has 0 saturated carbocycles. The number of rotatable bonds is 2. The van der Waals surface area contributed by atoms with E-state index in [1.807, 2.05) is 6.07 Å². The molecule has 0 unspecified atom stereocenters. The molecule has 1 heterocycles. The number of aromatic nitrogens is 1. The summed E-state index contributed by atoms with van der Waals surface area (Å²) in [6.45, 7) is 1.71. The molecule has 0 aromatic carbocycles. The molecule has 1 rings (SSSR count). The lowest BCUT2D eigenvalue weighted by molar-refractivity contribution is -0.141. The van der Waals surface area contributed by atoms with Gasteiger partial charge < -0.3 is 0 Å². The van der Waals surface area contributed by atoms with Crippen LogP contribution < -0.4 is 0 Å². The molecular formula is C10H9F3N2. The number of nitrogens with zero attached hydrogens (tertiary/aromatic N) is 2. The van der Waals surface area contributed by atoms with Crippen LogP contribution in [0, 0.1) is 11.3 Å². The lowest BCUT2D eigenvalue weighted by Gasteiger charge is -2.09. The number of hydrogen-bond donors (Lipinski definition) is 0. The molecule has 1 aromatic rings. The van der Waals surface area contributed by atoms with Gasteiger partial charge in [-0.3, -0.25) is 0 Å². The Morgan fingerprint density at radius 3 is 2.53 bits per heavy atom. The Labute approximate surface area is 85.4 Å². The smallest absolute Gasteiger partial charge is 0.248 e. The van der Waals surface area contributed by atoms with E-state index in [4.69, 9.17) is 5.26 Å². The number of halogens is 3. The summed E-state index contributed by atoms with van der Waals surface area (Å²) in [4.78, 5) is 3.50. The second kappa shape index (κ2) is 4.30. The summed E-state index contributed by atoms with van der Waals surface area (Å²) in [6, 6.07) is 4.12.